The molecule has 1 fully saturated rings. The highest BCUT2D eigenvalue weighted by atomic mass is 16.4. The standard InChI is InChI=1S/C8H16N2O/c1-10(2)8-6-4-3-5-7(8)9-11/h8,11H,3-6H2,1-2H3/b9-7-. The van der Waals surface area contributed by atoms with E-state index in [0.29, 0.717) is 6.04 Å². The van der Waals surface area contributed by atoms with Crippen LogP contribution in [0.15, 0.2) is 5.16 Å². The van der Waals surface area contributed by atoms with E-state index in [9.17, 15) is 0 Å². The molecule has 0 amide bonds. The van der Waals surface area contributed by atoms with E-state index in [2.05, 4.69) is 10.1 Å². The molecule has 1 unspecified atom stereocenters. The monoisotopic (exact) mass is 156 g/mol. The van der Waals surface area contributed by atoms with E-state index >= 15 is 0 Å². The first kappa shape index (κ1) is 8.53. The van der Waals surface area contributed by atoms with E-state index in [0.717, 1.165) is 18.6 Å². The van der Waals surface area contributed by atoms with Crippen molar-refractivity contribution in [2.75, 3.05) is 14.1 Å². The molecule has 0 radical (unpaired) electrons. The molecule has 1 aliphatic carbocycles. The lowest BCUT2D eigenvalue weighted by Gasteiger charge is -2.28. The Bertz CT molecular complexity index is 154. The smallest absolute Gasteiger partial charge is 0.0741 e. The Kier molecular flexibility index (Phi) is 2.88. The predicted molar refractivity (Wildman–Crippen MR) is 45.2 cm³/mol. The summed E-state index contributed by atoms with van der Waals surface area (Å²) in [7, 11) is 4.06. The van der Waals surface area contributed by atoms with Gasteiger partial charge >= 0.3 is 0 Å². The lowest BCUT2D eigenvalue weighted by Crippen LogP contribution is -2.37. The summed E-state index contributed by atoms with van der Waals surface area (Å²) in [6.45, 7) is 0. The highest BCUT2D eigenvalue weighted by molar-refractivity contribution is 5.89. The van der Waals surface area contributed by atoms with Crippen molar-refractivity contribution in [3.05, 3.63) is 0 Å². The van der Waals surface area contributed by atoms with Crippen molar-refractivity contribution < 1.29 is 5.21 Å². The molecule has 0 heterocycles. The van der Waals surface area contributed by atoms with Crippen molar-refractivity contribution in [3.63, 3.8) is 0 Å². The average Bonchev–Trinajstić information content (AvgIpc) is 2.04. The second kappa shape index (κ2) is 3.72. The Balaban J connectivity index is 2.59. The molecule has 1 N–H and O–H groups in total. The first-order chi connectivity index (χ1) is 5.25. The second-order valence-corrected chi connectivity index (χ2v) is 3.32. The molecular weight excluding hydrogens is 140 g/mol. The normalized spacial score (nSPS) is 29.7. The minimum absolute atomic E-state index is 0.369. The van der Waals surface area contributed by atoms with Crippen molar-refractivity contribution in [2.24, 2.45) is 5.16 Å². The zero-order valence-corrected chi connectivity index (χ0v) is 7.25. The molecule has 0 spiro atoms. The number of rotatable bonds is 1. The average molecular weight is 156 g/mol. The number of nitrogens with zero attached hydrogens (tertiary/aromatic N) is 2. The number of hydrogen-bond acceptors (Lipinski definition) is 3. The van der Waals surface area contributed by atoms with Crippen LogP contribution in [0.2, 0.25) is 0 Å². The highest BCUT2D eigenvalue weighted by Gasteiger charge is 2.22. The lowest BCUT2D eigenvalue weighted by atomic mass is 9.93. The number of oxime groups is 1. The van der Waals surface area contributed by atoms with Crippen molar-refractivity contribution >= 4 is 5.71 Å². The molecule has 1 saturated carbocycles. The van der Waals surface area contributed by atoms with Gasteiger partial charge in [-0.2, -0.15) is 0 Å². The summed E-state index contributed by atoms with van der Waals surface area (Å²) in [5, 5.41) is 12.0. The predicted octanol–water partition coefficient (Wildman–Crippen LogP) is 1.32. The molecule has 0 aromatic heterocycles. The van der Waals surface area contributed by atoms with E-state index < -0.39 is 0 Å². The van der Waals surface area contributed by atoms with Crippen LogP contribution in [0.4, 0.5) is 0 Å². The van der Waals surface area contributed by atoms with Gasteiger partial charge in [0.2, 0.25) is 0 Å². The molecule has 1 aliphatic rings. The van der Waals surface area contributed by atoms with Gasteiger partial charge in [-0.1, -0.05) is 11.6 Å². The molecular formula is C8H16N2O. The van der Waals surface area contributed by atoms with Gasteiger partial charge in [0.15, 0.2) is 0 Å². The Morgan fingerprint density at radius 2 is 2.18 bits per heavy atom. The fourth-order valence-corrected chi connectivity index (χ4v) is 1.65. The molecule has 0 aromatic carbocycles. The SMILES string of the molecule is CN(C)C1CCCC/C1=N/O. The van der Waals surface area contributed by atoms with Crippen molar-refractivity contribution in [2.45, 2.75) is 31.7 Å². The quantitative estimate of drug-likeness (QED) is 0.459. The van der Waals surface area contributed by atoms with Gasteiger partial charge in [0.05, 0.1) is 11.8 Å². The van der Waals surface area contributed by atoms with Crippen LogP contribution in [0.5, 0.6) is 0 Å². The zero-order chi connectivity index (χ0) is 8.27. The van der Waals surface area contributed by atoms with Crippen LogP contribution in [0, 0.1) is 0 Å². The third-order valence-electron chi connectivity index (χ3n) is 2.30. The summed E-state index contributed by atoms with van der Waals surface area (Å²) in [5.41, 5.74) is 0.946. The minimum Gasteiger partial charge on any atom is -0.411 e. The first-order valence-corrected chi connectivity index (χ1v) is 4.13. The Morgan fingerprint density at radius 1 is 1.45 bits per heavy atom. The largest absolute Gasteiger partial charge is 0.411 e. The Labute approximate surface area is 67.7 Å². The van der Waals surface area contributed by atoms with Gasteiger partial charge in [0.1, 0.15) is 0 Å². The fraction of sp³-hybridized carbons (Fsp3) is 0.875. The summed E-state index contributed by atoms with van der Waals surface area (Å²) in [5.74, 6) is 0. The van der Waals surface area contributed by atoms with Crippen molar-refractivity contribution in [1.29, 1.82) is 0 Å². The van der Waals surface area contributed by atoms with E-state index in [1.165, 1.54) is 12.8 Å². The fourth-order valence-electron chi connectivity index (χ4n) is 1.65. The molecule has 0 aliphatic heterocycles. The maximum Gasteiger partial charge on any atom is 0.0741 e. The third kappa shape index (κ3) is 1.93. The summed E-state index contributed by atoms with van der Waals surface area (Å²) in [6.07, 6.45) is 4.51. The van der Waals surface area contributed by atoms with Crippen molar-refractivity contribution in [1.82, 2.24) is 4.90 Å². The van der Waals surface area contributed by atoms with E-state index in [1.807, 2.05) is 14.1 Å². The van der Waals surface area contributed by atoms with Crippen molar-refractivity contribution in [3.8, 4) is 0 Å². The van der Waals surface area contributed by atoms with Crippen LogP contribution in [0.1, 0.15) is 25.7 Å². The van der Waals surface area contributed by atoms with Gasteiger partial charge in [0.25, 0.3) is 0 Å². The van der Waals surface area contributed by atoms with Crippen LogP contribution < -0.4 is 0 Å². The van der Waals surface area contributed by atoms with Gasteiger partial charge in [-0.25, -0.2) is 0 Å². The van der Waals surface area contributed by atoms with Gasteiger partial charge in [0, 0.05) is 0 Å². The highest BCUT2D eigenvalue weighted by Crippen LogP contribution is 2.18. The lowest BCUT2D eigenvalue weighted by molar-refractivity contribution is 0.283. The molecule has 1 rings (SSSR count). The molecule has 3 heteroatoms. The Morgan fingerprint density at radius 3 is 2.64 bits per heavy atom. The van der Waals surface area contributed by atoms with Gasteiger partial charge < -0.3 is 10.1 Å². The van der Waals surface area contributed by atoms with Gasteiger partial charge in [-0.05, 0) is 33.4 Å². The Hall–Kier alpha value is -0.570. The molecule has 3 nitrogen and oxygen atoms in total. The third-order valence-corrected chi connectivity index (χ3v) is 2.30. The molecule has 64 valence electrons. The maximum atomic E-state index is 8.67. The topological polar surface area (TPSA) is 35.8 Å². The maximum absolute atomic E-state index is 8.67. The molecule has 0 aromatic rings. The van der Waals surface area contributed by atoms with Crippen LogP contribution in [-0.4, -0.2) is 36.0 Å². The van der Waals surface area contributed by atoms with E-state index in [1.54, 1.807) is 0 Å². The van der Waals surface area contributed by atoms with E-state index in [-0.39, 0.29) is 0 Å². The summed E-state index contributed by atoms with van der Waals surface area (Å²) < 4.78 is 0. The first-order valence-electron chi connectivity index (χ1n) is 4.13. The second-order valence-electron chi connectivity index (χ2n) is 3.32. The zero-order valence-electron chi connectivity index (χ0n) is 7.25. The number of hydrogen-bond donors (Lipinski definition) is 1. The van der Waals surface area contributed by atoms with E-state index in [4.69, 9.17) is 5.21 Å². The minimum atomic E-state index is 0.369. The summed E-state index contributed by atoms with van der Waals surface area (Å²) >= 11 is 0. The summed E-state index contributed by atoms with van der Waals surface area (Å²) in [6, 6.07) is 0.369. The molecule has 0 bridgehead atoms. The van der Waals surface area contributed by atoms with Gasteiger partial charge in [-0.3, -0.25) is 0 Å². The van der Waals surface area contributed by atoms with Crippen LogP contribution in [-0.2, 0) is 0 Å². The van der Waals surface area contributed by atoms with Crippen LogP contribution >= 0.6 is 0 Å². The van der Waals surface area contributed by atoms with Crippen LogP contribution in [0.3, 0.4) is 0 Å². The van der Waals surface area contributed by atoms with Gasteiger partial charge in [-0.15, -0.1) is 0 Å². The molecule has 0 saturated heterocycles. The summed E-state index contributed by atoms with van der Waals surface area (Å²) in [4.78, 5) is 2.12. The molecule has 1 atom stereocenters. The molecule has 11 heavy (non-hydrogen) atoms. The van der Waals surface area contributed by atoms with Crippen LogP contribution in [0.25, 0.3) is 0 Å².